The maximum atomic E-state index is 11.6. The van der Waals surface area contributed by atoms with Crippen molar-refractivity contribution in [2.75, 3.05) is 0 Å². The summed E-state index contributed by atoms with van der Waals surface area (Å²) in [5.41, 5.74) is 0.593. The van der Waals surface area contributed by atoms with Gasteiger partial charge in [-0.05, 0) is 15.9 Å². The lowest BCUT2D eigenvalue weighted by atomic mass is 10.4. The number of hydrogen-bond donors (Lipinski definition) is 0. The van der Waals surface area contributed by atoms with E-state index in [0.29, 0.717) is 11.0 Å². The van der Waals surface area contributed by atoms with Crippen LogP contribution in [0, 0.1) is 0 Å². The standard InChI is InChI=1S/C8H8BrN5O/c1-13-3-6(11-12-13)4-14-5-10-2-7(9)8(14)15/h2-3,5H,4H2,1H3. The molecule has 0 aliphatic heterocycles. The Labute approximate surface area is 93.7 Å². The highest BCUT2D eigenvalue weighted by Gasteiger charge is 2.04. The molecule has 15 heavy (non-hydrogen) atoms. The van der Waals surface area contributed by atoms with Gasteiger partial charge in [-0.15, -0.1) is 5.10 Å². The topological polar surface area (TPSA) is 65.6 Å². The van der Waals surface area contributed by atoms with E-state index in [4.69, 9.17) is 0 Å². The number of hydrogen-bond acceptors (Lipinski definition) is 4. The SMILES string of the molecule is Cn1cc(Cn2cncc(Br)c2=O)nn1. The summed E-state index contributed by atoms with van der Waals surface area (Å²) in [7, 11) is 1.78. The molecular weight excluding hydrogens is 262 g/mol. The number of nitrogens with zero attached hydrogens (tertiary/aromatic N) is 5. The third-order valence-electron chi connectivity index (χ3n) is 1.84. The van der Waals surface area contributed by atoms with Crippen LogP contribution in [0.15, 0.2) is 28.0 Å². The number of aryl methyl sites for hydroxylation is 1. The van der Waals surface area contributed by atoms with Crippen molar-refractivity contribution in [3.63, 3.8) is 0 Å². The van der Waals surface area contributed by atoms with E-state index >= 15 is 0 Å². The van der Waals surface area contributed by atoms with E-state index in [0.717, 1.165) is 5.69 Å². The predicted molar refractivity (Wildman–Crippen MR) is 56.3 cm³/mol. The normalized spacial score (nSPS) is 10.5. The molecule has 0 amide bonds. The van der Waals surface area contributed by atoms with Crippen LogP contribution in [0.5, 0.6) is 0 Å². The van der Waals surface area contributed by atoms with Crippen LogP contribution in [0.2, 0.25) is 0 Å². The second-order valence-corrected chi connectivity index (χ2v) is 3.91. The second kappa shape index (κ2) is 3.93. The zero-order valence-electron chi connectivity index (χ0n) is 7.96. The molecule has 0 unspecified atom stereocenters. The Morgan fingerprint density at radius 3 is 3.00 bits per heavy atom. The van der Waals surface area contributed by atoms with Gasteiger partial charge in [0.2, 0.25) is 0 Å². The highest BCUT2D eigenvalue weighted by molar-refractivity contribution is 9.10. The molecule has 0 aromatic carbocycles. The highest BCUT2D eigenvalue weighted by Crippen LogP contribution is 2.00. The van der Waals surface area contributed by atoms with Gasteiger partial charge >= 0.3 is 0 Å². The van der Waals surface area contributed by atoms with Crippen molar-refractivity contribution in [2.45, 2.75) is 6.54 Å². The van der Waals surface area contributed by atoms with Crippen molar-refractivity contribution in [1.82, 2.24) is 24.5 Å². The molecule has 0 saturated carbocycles. The maximum absolute atomic E-state index is 11.6. The molecule has 0 saturated heterocycles. The van der Waals surface area contributed by atoms with Crippen molar-refractivity contribution >= 4 is 15.9 Å². The molecule has 78 valence electrons. The third kappa shape index (κ3) is 2.12. The molecule has 0 radical (unpaired) electrons. The minimum absolute atomic E-state index is 0.129. The molecular formula is C8H8BrN5O. The van der Waals surface area contributed by atoms with Gasteiger partial charge in [-0.25, -0.2) is 4.98 Å². The van der Waals surface area contributed by atoms with Crippen molar-refractivity contribution in [3.8, 4) is 0 Å². The molecule has 6 nitrogen and oxygen atoms in total. The van der Waals surface area contributed by atoms with Gasteiger partial charge in [-0.3, -0.25) is 14.0 Å². The molecule has 0 aliphatic carbocycles. The van der Waals surface area contributed by atoms with E-state index in [9.17, 15) is 4.79 Å². The lowest BCUT2D eigenvalue weighted by Gasteiger charge is -2.01. The average molecular weight is 270 g/mol. The van der Waals surface area contributed by atoms with Gasteiger partial charge in [0, 0.05) is 19.4 Å². The Morgan fingerprint density at radius 2 is 2.33 bits per heavy atom. The van der Waals surface area contributed by atoms with Crippen molar-refractivity contribution in [1.29, 1.82) is 0 Å². The highest BCUT2D eigenvalue weighted by atomic mass is 79.9. The van der Waals surface area contributed by atoms with Crippen LogP contribution in [-0.2, 0) is 13.6 Å². The molecule has 0 bridgehead atoms. The minimum atomic E-state index is -0.129. The maximum Gasteiger partial charge on any atom is 0.267 e. The monoisotopic (exact) mass is 269 g/mol. The van der Waals surface area contributed by atoms with E-state index in [2.05, 4.69) is 31.2 Å². The van der Waals surface area contributed by atoms with E-state index in [-0.39, 0.29) is 5.56 Å². The summed E-state index contributed by atoms with van der Waals surface area (Å²) in [5.74, 6) is 0. The van der Waals surface area contributed by atoms with Crippen molar-refractivity contribution < 1.29 is 0 Å². The Kier molecular flexibility index (Phi) is 2.63. The summed E-state index contributed by atoms with van der Waals surface area (Å²) >= 11 is 3.13. The van der Waals surface area contributed by atoms with Crippen LogP contribution in [0.25, 0.3) is 0 Å². The van der Waals surface area contributed by atoms with Gasteiger partial charge in [0.1, 0.15) is 10.2 Å². The molecule has 0 N–H and O–H groups in total. The summed E-state index contributed by atoms with van der Waals surface area (Å²) in [6, 6.07) is 0. The zero-order valence-corrected chi connectivity index (χ0v) is 9.55. The fourth-order valence-corrected chi connectivity index (χ4v) is 1.52. The van der Waals surface area contributed by atoms with E-state index in [1.165, 1.54) is 17.1 Å². The second-order valence-electron chi connectivity index (χ2n) is 3.06. The summed E-state index contributed by atoms with van der Waals surface area (Å²) < 4.78 is 3.49. The first-order valence-corrected chi connectivity index (χ1v) is 5.01. The molecule has 2 aromatic heterocycles. The Balaban J connectivity index is 2.32. The quantitative estimate of drug-likeness (QED) is 0.781. The average Bonchev–Trinajstić information content (AvgIpc) is 2.59. The first-order valence-electron chi connectivity index (χ1n) is 4.22. The van der Waals surface area contributed by atoms with Crippen molar-refractivity contribution in [2.24, 2.45) is 7.05 Å². The van der Waals surface area contributed by atoms with Crippen LogP contribution in [0.4, 0.5) is 0 Å². The van der Waals surface area contributed by atoms with Crippen LogP contribution in [-0.4, -0.2) is 24.5 Å². The smallest absolute Gasteiger partial charge is 0.267 e. The van der Waals surface area contributed by atoms with E-state index in [1.54, 1.807) is 17.9 Å². The molecule has 2 heterocycles. The van der Waals surface area contributed by atoms with Crippen LogP contribution >= 0.6 is 15.9 Å². The van der Waals surface area contributed by atoms with Gasteiger partial charge in [-0.1, -0.05) is 5.21 Å². The molecule has 0 atom stereocenters. The fraction of sp³-hybridized carbons (Fsp3) is 0.250. The first-order chi connectivity index (χ1) is 7.16. The Bertz CT molecular complexity index is 532. The first kappa shape index (κ1) is 10.0. The molecule has 0 spiro atoms. The van der Waals surface area contributed by atoms with E-state index < -0.39 is 0 Å². The fourth-order valence-electron chi connectivity index (χ4n) is 1.18. The van der Waals surface area contributed by atoms with Crippen LogP contribution in [0.3, 0.4) is 0 Å². The molecule has 2 aromatic rings. The zero-order chi connectivity index (χ0) is 10.8. The van der Waals surface area contributed by atoms with Gasteiger partial charge < -0.3 is 0 Å². The molecule has 2 rings (SSSR count). The lowest BCUT2D eigenvalue weighted by Crippen LogP contribution is -2.21. The minimum Gasteiger partial charge on any atom is -0.292 e. The summed E-state index contributed by atoms with van der Waals surface area (Å²) in [6.07, 6.45) is 4.70. The van der Waals surface area contributed by atoms with Crippen LogP contribution < -0.4 is 5.56 Å². The number of rotatable bonds is 2. The summed E-state index contributed by atoms with van der Waals surface area (Å²) in [5, 5.41) is 7.68. The van der Waals surface area contributed by atoms with Gasteiger partial charge in [0.25, 0.3) is 5.56 Å². The lowest BCUT2D eigenvalue weighted by molar-refractivity contribution is 0.697. The predicted octanol–water partition coefficient (Wildman–Crippen LogP) is 0.183. The van der Waals surface area contributed by atoms with Gasteiger partial charge in [0.05, 0.1) is 12.9 Å². The third-order valence-corrected chi connectivity index (χ3v) is 2.39. The molecule has 7 heteroatoms. The largest absolute Gasteiger partial charge is 0.292 e. The summed E-state index contributed by atoms with van der Waals surface area (Å²) in [6.45, 7) is 0.374. The van der Waals surface area contributed by atoms with Crippen molar-refractivity contribution in [3.05, 3.63) is 39.2 Å². The summed E-state index contributed by atoms with van der Waals surface area (Å²) in [4.78, 5) is 15.5. The molecule has 0 aliphatic rings. The van der Waals surface area contributed by atoms with Gasteiger partial charge in [0.15, 0.2) is 0 Å². The molecule has 0 fully saturated rings. The Hall–Kier alpha value is -1.50. The van der Waals surface area contributed by atoms with Crippen LogP contribution in [0.1, 0.15) is 5.69 Å². The number of halogens is 1. The van der Waals surface area contributed by atoms with E-state index in [1.807, 2.05) is 0 Å². The number of aromatic nitrogens is 5. The Morgan fingerprint density at radius 1 is 1.53 bits per heavy atom. The van der Waals surface area contributed by atoms with Gasteiger partial charge in [-0.2, -0.15) is 0 Å².